The number of fused-ring (bicyclic) bond motifs is 1. The van der Waals surface area contributed by atoms with Crippen LogP contribution in [-0.4, -0.2) is 28.6 Å². The van der Waals surface area contributed by atoms with Gasteiger partial charge in [0.1, 0.15) is 24.7 Å². The molecule has 156 valence electrons. The second kappa shape index (κ2) is 9.21. The normalized spacial score (nSPS) is 10.7. The quantitative estimate of drug-likeness (QED) is 0.468. The van der Waals surface area contributed by atoms with E-state index >= 15 is 0 Å². The number of carbonyl (C=O) groups is 1. The number of hydrogen-bond acceptors (Lipinski definition) is 4. The first kappa shape index (κ1) is 20.3. The number of carbonyl (C=O) groups excluding carboxylic acids is 1. The zero-order valence-electron chi connectivity index (χ0n) is 16.6. The number of amides is 1. The van der Waals surface area contributed by atoms with E-state index in [9.17, 15) is 14.0 Å². The largest absolute Gasteiger partial charge is 0.491 e. The topological polar surface area (TPSA) is 73.2 Å². The molecule has 0 aliphatic heterocycles. The minimum atomic E-state index is -0.526. The van der Waals surface area contributed by atoms with Crippen molar-refractivity contribution in [1.29, 1.82) is 0 Å². The summed E-state index contributed by atoms with van der Waals surface area (Å²) in [5.41, 5.74) is 1.93. The number of nitrogens with zero attached hydrogens (tertiary/aromatic N) is 2. The summed E-state index contributed by atoms with van der Waals surface area (Å²) >= 11 is 0. The molecule has 1 aromatic heterocycles. The molecule has 1 heterocycles. The second-order valence-corrected chi connectivity index (χ2v) is 6.90. The van der Waals surface area contributed by atoms with Gasteiger partial charge in [0.25, 0.3) is 5.56 Å². The number of rotatable bonds is 7. The van der Waals surface area contributed by atoms with Gasteiger partial charge in [0.2, 0.25) is 5.91 Å². The van der Waals surface area contributed by atoms with Gasteiger partial charge in [-0.15, -0.1) is 0 Å². The molecule has 0 aliphatic carbocycles. The molecule has 1 amide bonds. The van der Waals surface area contributed by atoms with Crippen LogP contribution in [0.3, 0.4) is 0 Å². The lowest BCUT2D eigenvalue weighted by molar-refractivity contribution is -0.121. The molecule has 1 N–H and O–H groups in total. The Balaban J connectivity index is 1.34. The molecule has 0 saturated heterocycles. The number of benzene rings is 3. The summed E-state index contributed by atoms with van der Waals surface area (Å²) in [4.78, 5) is 28.8. The molecule has 6 nitrogen and oxygen atoms in total. The molecule has 0 aliphatic rings. The van der Waals surface area contributed by atoms with Crippen molar-refractivity contribution >= 4 is 16.8 Å². The van der Waals surface area contributed by atoms with Gasteiger partial charge < -0.3 is 10.1 Å². The van der Waals surface area contributed by atoms with Gasteiger partial charge in [0.15, 0.2) is 0 Å². The second-order valence-electron chi connectivity index (χ2n) is 6.90. The average molecular weight is 417 g/mol. The minimum absolute atomic E-state index is 0.135. The van der Waals surface area contributed by atoms with Crippen molar-refractivity contribution in [2.45, 2.75) is 6.54 Å². The predicted octanol–water partition coefficient (Wildman–Crippen LogP) is 3.40. The summed E-state index contributed by atoms with van der Waals surface area (Å²) < 4.78 is 20.4. The zero-order valence-corrected chi connectivity index (χ0v) is 16.6. The Morgan fingerprint density at radius 3 is 2.65 bits per heavy atom. The molecule has 0 atom stereocenters. The maximum absolute atomic E-state index is 13.4. The van der Waals surface area contributed by atoms with Crippen LogP contribution in [0.5, 0.6) is 5.75 Å². The van der Waals surface area contributed by atoms with Crippen LogP contribution in [0.15, 0.2) is 83.9 Å². The fourth-order valence-corrected chi connectivity index (χ4v) is 3.25. The van der Waals surface area contributed by atoms with Crippen molar-refractivity contribution in [1.82, 2.24) is 14.9 Å². The first-order valence-corrected chi connectivity index (χ1v) is 9.80. The zero-order chi connectivity index (χ0) is 21.6. The lowest BCUT2D eigenvalue weighted by Crippen LogP contribution is -2.34. The van der Waals surface area contributed by atoms with Gasteiger partial charge in [0.05, 0.1) is 23.8 Å². The first-order valence-electron chi connectivity index (χ1n) is 9.80. The van der Waals surface area contributed by atoms with E-state index < -0.39 is 11.4 Å². The maximum atomic E-state index is 13.4. The molecule has 4 aromatic rings. The number of ether oxygens (including phenoxy) is 1. The summed E-state index contributed by atoms with van der Waals surface area (Å²) in [7, 11) is 0. The summed E-state index contributed by atoms with van der Waals surface area (Å²) in [6.45, 7) is 0.330. The maximum Gasteiger partial charge on any atom is 0.261 e. The molecule has 0 spiro atoms. The van der Waals surface area contributed by atoms with E-state index in [0.717, 1.165) is 27.5 Å². The van der Waals surface area contributed by atoms with Gasteiger partial charge in [0, 0.05) is 5.56 Å². The highest BCUT2D eigenvalue weighted by Crippen LogP contribution is 2.29. The van der Waals surface area contributed by atoms with Crippen molar-refractivity contribution in [2.24, 2.45) is 0 Å². The Morgan fingerprint density at radius 1 is 1.03 bits per heavy atom. The molecular formula is C24H20FN3O3. The molecule has 0 saturated carbocycles. The molecule has 0 fully saturated rings. The van der Waals surface area contributed by atoms with Gasteiger partial charge in [-0.2, -0.15) is 0 Å². The molecule has 7 heteroatoms. The van der Waals surface area contributed by atoms with Crippen LogP contribution >= 0.6 is 0 Å². The van der Waals surface area contributed by atoms with Gasteiger partial charge in [-0.1, -0.05) is 48.5 Å². The lowest BCUT2D eigenvalue weighted by atomic mass is 10.1. The molecule has 0 unspecified atom stereocenters. The minimum Gasteiger partial charge on any atom is -0.491 e. The SMILES string of the molecule is O=C(Cn1cnc2ccc(F)cc2c1=O)NCCOc1ccccc1-c1ccccc1. The highest BCUT2D eigenvalue weighted by Gasteiger charge is 2.09. The third-order valence-electron chi connectivity index (χ3n) is 4.75. The van der Waals surface area contributed by atoms with E-state index in [0.29, 0.717) is 5.52 Å². The van der Waals surface area contributed by atoms with Crippen molar-refractivity contribution in [2.75, 3.05) is 13.2 Å². The van der Waals surface area contributed by atoms with Crippen molar-refractivity contribution in [3.63, 3.8) is 0 Å². The van der Waals surface area contributed by atoms with Crippen molar-refractivity contribution in [3.05, 3.63) is 95.3 Å². The average Bonchev–Trinajstić information content (AvgIpc) is 2.80. The molecule has 4 rings (SSSR count). The van der Waals surface area contributed by atoms with Gasteiger partial charge in [-0.05, 0) is 29.8 Å². The van der Waals surface area contributed by atoms with Gasteiger partial charge in [-0.25, -0.2) is 9.37 Å². The Bertz CT molecular complexity index is 1270. The van der Waals surface area contributed by atoms with E-state index in [1.165, 1.54) is 18.5 Å². The predicted molar refractivity (Wildman–Crippen MR) is 116 cm³/mol. The fraction of sp³-hybridized carbons (Fsp3) is 0.125. The molecular weight excluding hydrogens is 397 g/mol. The number of nitrogens with one attached hydrogen (secondary N) is 1. The third kappa shape index (κ3) is 4.78. The summed E-state index contributed by atoms with van der Waals surface area (Å²) in [6, 6.07) is 21.4. The van der Waals surface area contributed by atoms with Gasteiger partial charge >= 0.3 is 0 Å². The number of halogens is 1. The van der Waals surface area contributed by atoms with Crippen molar-refractivity contribution < 1.29 is 13.9 Å². The third-order valence-corrected chi connectivity index (χ3v) is 4.75. The number of para-hydroxylation sites is 1. The summed E-state index contributed by atoms with van der Waals surface area (Å²) in [5, 5.41) is 2.86. The van der Waals surface area contributed by atoms with Crippen LogP contribution in [0, 0.1) is 5.82 Å². The van der Waals surface area contributed by atoms with Crippen LogP contribution < -0.4 is 15.6 Å². The Morgan fingerprint density at radius 2 is 1.81 bits per heavy atom. The smallest absolute Gasteiger partial charge is 0.261 e. The highest BCUT2D eigenvalue weighted by molar-refractivity contribution is 5.79. The standard InChI is InChI=1S/C24H20FN3O3/c25-18-10-11-21-20(14-18)24(30)28(16-27-21)15-23(29)26-12-13-31-22-9-5-4-8-19(22)17-6-2-1-3-7-17/h1-11,14,16H,12-13,15H2,(H,26,29). The molecule has 3 aromatic carbocycles. The van der Waals surface area contributed by atoms with Crippen LogP contribution in [0.1, 0.15) is 0 Å². The first-order chi connectivity index (χ1) is 15.1. The number of aromatic nitrogens is 2. The van der Waals surface area contributed by atoms with Gasteiger partial charge in [-0.3, -0.25) is 14.2 Å². The summed E-state index contributed by atoms with van der Waals surface area (Å²) in [5.74, 6) is -0.166. The monoisotopic (exact) mass is 417 g/mol. The van der Waals surface area contributed by atoms with E-state index in [1.54, 1.807) is 0 Å². The molecule has 31 heavy (non-hydrogen) atoms. The van der Waals surface area contributed by atoms with Crippen LogP contribution in [-0.2, 0) is 11.3 Å². The molecule has 0 bridgehead atoms. The van der Waals surface area contributed by atoms with E-state index in [4.69, 9.17) is 4.74 Å². The van der Waals surface area contributed by atoms with Crippen LogP contribution in [0.4, 0.5) is 4.39 Å². The van der Waals surface area contributed by atoms with Crippen LogP contribution in [0.2, 0.25) is 0 Å². The van der Waals surface area contributed by atoms with E-state index in [2.05, 4.69) is 10.3 Å². The van der Waals surface area contributed by atoms with Crippen LogP contribution in [0.25, 0.3) is 22.0 Å². The van der Waals surface area contributed by atoms with E-state index in [-0.39, 0.29) is 31.0 Å². The molecule has 0 radical (unpaired) electrons. The summed E-state index contributed by atoms with van der Waals surface area (Å²) in [6.07, 6.45) is 1.29. The van der Waals surface area contributed by atoms with E-state index in [1.807, 2.05) is 54.6 Å². The fourth-order valence-electron chi connectivity index (χ4n) is 3.25. The number of hydrogen-bond donors (Lipinski definition) is 1. The lowest BCUT2D eigenvalue weighted by Gasteiger charge is -2.12. The Hall–Kier alpha value is -4.00. The Labute approximate surface area is 177 Å². The highest BCUT2D eigenvalue weighted by atomic mass is 19.1. The Kier molecular flexibility index (Phi) is 6.03. The van der Waals surface area contributed by atoms with Crippen molar-refractivity contribution in [3.8, 4) is 16.9 Å².